The van der Waals surface area contributed by atoms with Gasteiger partial charge in [0, 0.05) is 11.8 Å². The van der Waals surface area contributed by atoms with E-state index in [2.05, 4.69) is 39.0 Å². The van der Waals surface area contributed by atoms with E-state index in [0.29, 0.717) is 28.8 Å². The number of anilines is 1. The Bertz CT molecular complexity index is 795. The molecule has 0 aliphatic rings. The Morgan fingerprint density at radius 3 is 2.71 bits per heavy atom. The van der Waals surface area contributed by atoms with Gasteiger partial charge in [0.05, 0.1) is 17.8 Å². The first kappa shape index (κ1) is 13.3. The molecule has 0 fully saturated rings. The van der Waals surface area contributed by atoms with Crippen LogP contribution in [0.1, 0.15) is 31.2 Å². The fourth-order valence-electron chi connectivity index (χ4n) is 2.08. The summed E-state index contributed by atoms with van der Waals surface area (Å²) in [4.78, 5) is 12.6. The van der Waals surface area contributed by atoms with Gasteiger partial charge in [-0.15, -0.1) is 0 Å². The summed E-state index contributed by atoms with van der Waals surface area (Å²) in [6, 6.07) is 0. The predicted molar refractivity (Wildman–Crippen MR) is 79.2 cm³/mol. The summed E-state index contributed by atoms with van der Waals surface area (Å²) in [6.07, 6.45) is 5.05. The second kappa shape index (κ2) is 5.01. The second-order valence-electron chi connectivity index (χ2n) is 5.10. The standard InChI is InChI=1S/C14H16N6O/c1-7(2)9-4-17-14-10(5-18-20-14)12(9)21-11-6-16-8(3)19-13(11)15/h4-7H,1-3H3,(H2,15,16,19)(H,17,18,20). The monoisotopic (exact) mass is 284 g/mol. The van der Waals surface area contributed by atoms with Crippen LogP contribution in [-0.2, 0) is 0 Å². The van der Waals surface area contributed by atoms with Gasteiger partial charge in [0.15, 0.2) is 17.2 Å². The molecule has 108 valence electrons. The third kappa shape index (κ3) is 2.37. The van der Waals surface area contributed by atoms with Crippen LogP contribution in [0.2, 0.25) is 0 Å². The lowest BCUT2D eigenvalue weighted by atomic mass is 10.0. The number of aryl methyl sites for hydroxylation is 1. The molecule has 7 nitrogen and oxygen atoms in total. The number of aromatic amines is 1. The number of rotatable bonds is 3. The van der Waals surface area contributed by atoms with Crippen molar-refractivity contribution in [1.29, 1.82) is 0 Å². The van der Waals surface area contributed by atoms with Crippen molar-refractivity contribution in [2.75, 3.05) is 5.73 Å². The lowest BCUT2D eigenvalue weighted by Gasteiger charge is -2.14. The Balaban J connectivity index is 2.14. The molecular weight excluding hydrogens is 268 g/mol. The molecule has 0 unspecified atom stereocenters. The number of aromatic nitrogens is 5. The third-order valence-corrected chi connectivity index (χ3v) is 3.20. The molecular formula is C14H16N6O. The van der Waals surface area contributed by atoms with Crippen LogP contribution in [0.15, 0.2) is 18.6 Å². The minimum atomic E-state index is 0.249. The average molecular weight is 284 g/mol. The van der Waals surface area contributed by atoms with Crippen molar-refractivity contribution >= 4 is 16.9 Å². The van der Waals surface area contributed by atoms with Gasteiger partial charge in [-0.05, 0) is 12.8 Å². The van der Waals surface area contributed by atoms with Crippen LogP contribution < -0.4 is 10.5 Å². The number of nitrogens with two attached hydrogens (primary N) is 1. The van der Waals surface area contributed by atoms with Crippen LogP contribution >= 0.6 is 0 Å². The summed E-state index contributed by atoms with van der Waals surface area (Å²) in [5.74, 6) is 2.27. The van der Waals surface area contributed by atoms with Crippen molar-refractivity contribution in [2.24, 2.45) is 0 Å². The summed E-state index contributed by atoms with van der Waals surface area (Å²) < 4.78 is 5.98. The zero-order valence-electron chi connectivity index (χ0n) is 12.1. The van der Waals surface area contributed by atoms with Gasteiger partial charge in [0.25, 0.3) is 0 Å². The first-order chi connectivity index (χ1) is 10.1. The van der Waals surface area contributed by atoms with E-state index in [-0.39, 0.29) is 5.92 Å². The summed E-state index contributed by atoms with van der Waals surface area (Å²) in [5, 5.41) is 7.65. The Morgan fingerprint density at radius 2 is 2.00 bits per heavy atom. The highest BCUT2D eigenvalue weighted by atomic mass is 16.5. The van der Waals surface area contributed by atoms with Crippen molar-refractivity contribution in [3.63, 3.8) is 0 Å². The SMILES string of the molecule is Cc1ncc(Oc2c(C(C)C)cnc3[nH]ncc23)c(N)n1. The van der Waals surface area contributed by atoms with Crippen molar-refractivity contribution in [3.8, 4) is 11.5 Å². The van der Waals surface area contributed by atoms with Gasteiger partial charge in [-0.25, -0.2) is 15.0 Å². The Kier molecular flexibility index (Phi) is 3.17. The number of hydrogen-bond donors (Lipinski definition) is 2. The molecule has 0 aliphatic carbocycles. The van der Waals surface area contributed by atoms with E-state index in [1.54, 1.807) is 25.5 Å². The van der Waals surface area contributed by atoms with Gasteiger partial charge in [-0.2, -0.15) is 5.10 Å². The van der Waals surface area contributed by atoms with Crippen LogP contribution in [0.5, 0.6) is 11.5 Å². The first-order valence-corrected chi connectivity index (χ1v) is 6.65. The van der Waals surface area contributed by atoms with Crippen LogP contribution in [0.4, 0.5) is 5.82 Å². The zero-order chi connectivity index (χ0) is 15.0. The fourth-order valence-corrected chi connectivity index (χ4v) is 2.08. The quantitative estimate of drug-likeness (QED) is 0.766. The molecule has 3 heterocycles. The molecule has 0 saturated heterocycles. The van der Waals surface area contributed by atoms with E-state index < -0.39 is 0 Å². The van der Waals surface area contributed by atoms with Gasteiger partial charge in [0.2, 0.25) is 0 Å². The minimum Gasteiger partial charge on any atom is -0.451 e. The average Bonchev–Trinajstić information content (AvgIpc) is 2.90. The number of nitrogens with one attached hydrogen (secondary N) is 1. The van der Waals surface area contributed by atoms with Crippen LogP contribution in [0.3, 0.4) is 0 Å². The van der Waals surface area contributed by atoms with Gasteiger partial charge in [-0.3, -0.25) is 5.10 Å². The number of fused-ring (bicyclic) bond motifs is 1. The fraction of sp³-hybridized carbons (Fsp3) is 0.286. The molecule has 0 radical (unpaired) electrons. The highest BCUT2D eigenvalue weighted by Gasteiger charge is 2.17. The zero-order valence-corrected chi connectivity index (χ0v) is 12.1. The second-order valence-corrected chi connectivity index (χ2v) is 5.10. The molecule has 0 atom stereocenters. The third-order valence-electron chi connectivity index (χ3n) is 3.20. The number of ether oxygens (including phenoxy) is 1. The smallest absolute Gasteiger partial charge is 0.187 e. The van der Waals surface area contributed by atoms with Crippen molar-refractivity contribution in [1.82, 2.24) is 25.1 Å². The van der Waals surface area contributed by atoms with E-state index in [9.17, 15) is 0 Å². The summed E-state index contributed by atoms with van der Waals surface area (Å²) in [5.41, 5.74) is 7.54. The lowest BCUT2D eigenvalue weighted by molar-refractivity contribution is 0.475. The van der Waals surface area contributed by atoms with Crippen LogP contribution in [0.25, 0.3) is 11.0 Å². The Morgan fingerprint density at radius 1 is 1.19 bits per heavy atom. The van der Waals surface area contributed by atoms with E-state index in [0.717, 1.165) is 10.9 Å². The van der Waals surface area contributed by atoms with Gasteiger partial charge in [-0.1, -0.05) is 13.8 Å². The maximum atomic E-state index is 5.98. The van der Waals surface area contributed by atoms with Gasteiger partial charge >= 0.3 is 0 Å². The molecule has 0 spiro atoms. The number of hydrogen-bond acceptors (Lipinski definition) is 6. The number of pyridine rings is 1. The Labute approximate surface area is 121 Å². The van der Waals surface area contributed by atoms with E-state index in [1.807, 2.05) is 0 Å². The summed E-state index contributed by atoms with van der Waals surface area (Å²) >= 11 is 0. The molecule has 0 bridgehead atoms. The van der Waals surface area contributed by atoms with Crippen LogP contribution in [0, 0.1) is 6.92 Å². The summed E-state index contributed by atoms with van der Waals surface area (Å²) in [7, 11) is 0. The molecule has 0 amide bonds. The molecule has 7 heteroatoms. The van der Waals surface area contributed by atoms with E-state index >= 15 is 0 Å². The molecule has 3 N–H and O–H groups in total. The largest absolute Gasteiger partial charge is 0.451 e. The highest BCUT2D eigenvalue weighted by Crippen LogP contribution is 2.36. The lowest BCUT2D eigenvalue weighted by Crippen LogP contribution is -2.01. The summed E-state index contributed by atoms with van der Waals surface area (Å²) in [6.45, 7) is 5.93. The van der Waals surface area contributed by atoms with Crippen molar-refractivity contribution in [3.05, 3.63) is 30.0 Å². The maximum absolute atomic E-state index is 5.98. The predicted octanol–water partition coefficient (Wildman–Crippen LogP) is 2.55. The van der Waals surface area contributed by atoms with Crippen molar-refractivity contribution < 1.29 is 4.74 Å². The van der Waals surface area contributed by atoms with Crippen molar-refractivity contribution in [2.45, 2.75) is 26.7 Å². The minimum absolute atomic E-state index is 0.249. The first-order valence-electron chi connectivity index (χ1n) is 6.65. The van der Waals surface area contributed by atoms with Crippen LogP contribution in [-0.4, -0.2) is 25.1 Å². The molecule has 3 aromatic rings. The molecule has 3 aromatic heterocycles. The maximum Gasteiger partial charge on any atom is 0.187 e. The van der Waals surface area contributed by atoms with Gasteiger partial charge in [0.1, 0.15) is 11.6 Å². The molecule has 3 rings (SSSR count). The molecule has 0 aliphatic heterocycles. The molecule has 0 saturated carbocycles. The molecule has 21 heavy (non-hydrogen) atoms. The highest BCUT2D eigenvalue weighted by molar-refractivity contribution is 5.83. The number of H-pyrrole nitrogens is 1. The number of nitrogens with zero attached hydrogens (tertiary/aromatic N) is 4. The Hall–Kier alpha value is -2.70. The normalized spacial score (nSPS) is 11.2. The van der Waals surface area contributed by atoms with E-state index in [4.69, 9.17) is 10.5 Å². The van der Waals surface area contributed by atoms with E-state index in [1.165, 1.54) is 0 Å². The topological polar surface area (TPSA) is 103 Å². The van der Waals surface area contributed by atoms with Gasteiger partial charge < -0.3 is 10.5 Å². The molecule has 0 aromatic carbocycles. The number of nitrogen functional groups attached to an aromatic ring is 1.